The summed E-state index contributed by atoms with van der Waals surface area (Å²) in [5, 5.41) is 3.20. The summed E-state index contributed by atoms with van der Waals surface area (Å²) in [6, 6.07) is 9.30. The third kappa shape index (κ3) is 2.88. The van der Waals surface area contributed by atoms with Gasteiger partial charge in [0, 0.05) is 44.0 Å². The van der Waals surface area contributed by atoms with Gasteiger partial charge in [-0.1, -0.05) is 12.1 Å². The first-order valence-electron chi connectivity index (χ1n) is 8.59. The van der Waals surface area contributed by atoms with E-state index < -0.39 is 0 Å². The van der Waals surface area contributed by atoms with Crippen LogP contribution in [0.15, 0.2) is 48.9 Å². The van der Waals surface area contributed by atoms with Crippen LogP contribution in [0.25, 0.3) is 0 Å². The number of piperidine rings is 1. The molecule has 4 rings (SSSR count). The predicted octanol–water partition coefficient (Wildman–Crippen LogP) is 1.76. The molecule has 0 aliphatic carbocycles. The van der Waals surface area contributed by atoms with E-state index in [0.29, 0.717) is 25.2 Å². The van der Waals surface area contributed by atoms with Gasteiger partial charge in [-0.15, -0.1) is 0 Å². The van der Waals surface area contributed by atoms with E-state index in [4.69, 9.17) is 0 Å². The summed E-state index contributed by atoms with van der Waals surface area (Å²) in [4.78, 5) is 34.9. The van der Waals surface area contributed by atoms with Crippen molar-refractivity contribution in [2.45, 2.75) is 30.7 Å². The van der Waals surface area contributed by atoms with Gasteiger partial charge in [0.05, 0.1) is 5.54 Å². The molecule has 1 spiro atoms. The zero-order chi connectivity index (χ0) is 17.3. The van der Waals surface area contributed by atoms with Gasteiger partial charge in [-0.25, -0.2) is 0 Å². The molecule has 0 radical (unpaired) electrons. The number of nitrogens with one attached hydrogen (secondary N) is 1. The molecule has 2 fully saturated rings. The Balaban J connectivity index is 1.51. The Morgan fingerprint density at radius 1 is 1.16 bits per heavy atom. The van der Waals surface area contributed by atoms with Crippen molar-refractivity contribution >= 4 is 11.8 Å². The Bertz CT molecular complexity index is 771. The Morgan fingerprint density at radius 2 is 2.00 bits per heavy atom. The lowest BCUT2D eigenvalue weighted by Gasteiger charge is -2.42. The Hall–Kier alpha value is -2.76. The van der Waals surface area contributed by atoms with E-state index in [1.54, 1.807) is 24.5 Å². The van der Waals surface area contributed by atoms with E-state index in [9.17, 15) is 9.59 Å². The molecule has 0 unspecified atom stereocenters. The Morgan fingerprint density at radius 3 is 2.68 bits per heavy atom. The topological polar surface area (TPSA) is 75.2 Å². The highest BCUT2D eigenvalue weighted by Gasteiger charge is 2.49. The van der Waals surface area contributed by atoms with Gasteiger partial charge in [-0.05, 0) is 36.6 Å². The minimum Gasteiger partial charge on any atom is -0.350 e. The second-order valence-electron chi connectivity index (χ2n) is 6.75. The average molecular weight is 336 g/mol. The molecule has 2 aliphatic heterocycles. The lowest BCUT2D eigenvalue weighted by atomic mass is 9.74. The highest BCUT2D eigenvalue weighted by atomic mass is 16.2. The van der Waals surface area contributed by atoms with Gasteiger partial charge in [0.25, 0.3) is 5.91 Å². The summed E-state index contributed by atoms with van der Waals surface area (Å²) in [5.41, 5.74) is 1.28. The van der Waals surface area contributed by atoms with Crippen LogP contribution in [-0.2, 0) is 4.79 Å². The average Bonchev–Trinajstić information content (AvgIpc) is 2.99. The lowest BCUT2D eigenvalue weighted by molar-refractivity contribution is -0.120. The highest BCUT2D eigenvalue weighted by molar-refractivity contribution is 5.92. The second-order valence-corrected chi connectivity index (χ2v) is 6.75. The van der Waals surface area contributed by atoms with Crippen LogP contribution in [0.3, 0.4) is 0 Å². The number of carbonyl (C=O) groups excluding carboxylic acids is 2. The van der Waals surface area contributed by atoms with E-state index in [0.717, 1.165) is 18.4 Å². The van der Waals surface area contributed by atoms with Crippen LogP contribution in [0, 0.1) is 0 Å². The van der Waals surface area contributed by atoms with Crippen molar-refractivity contribution in [2.24, 2.45) is 0 Å². The van der Waals surface area contributed by atoms with Gasteiger partial charge < -0.3 is 10.2 Å². The highest BCUT2D eigenvalue weighted by Crippen LogP contribution is 2.42. The quantitative estimate of drug-likeness (QED) is 0.907. The van der Waals surface area contributed by atoms with Gasteiger partial charge in [0.2, 0.25) is 5.91 Å². The maximum atomic E-state index is 12.6. The molecule has 0 bridgehead atoms. The molecule has 1 atom stereocenters. The zero-order valence-electron chi connectivity index (χ0n) is 13.9. The largest absolute Gasteiger partial charge is 0.350 e. The van der Waals surface area contributed by atoms with Crippen molar-refractivity contribution in [2.75, 3.05) is 13.1 Å². The summed E-state index contributed by atoms with van der Waals surface area (Å²) < 4.78 is 0. The smallest absolute Gasteiger partial charge is 0.272 e. The summed E-state index contributed by atoms with van der Waals surface area (Å²) in [6.45, 7) is 1.24. The number of hydrogen-bond donors (Lipinski definition) is 1. The van der Waals surface area contributed by atoms with Crippen LogP contribution in [0.1, 0.15) is 41.2 Å². The molecular weight excluding hydrogens is 316 g/mol. The van der Waals surface area contributed by atoms with Gasteiger partial charge in [-0.2, -0.15) is 0 Å². The summed E-state index contributed by atoms with van der Waals surface area (Å²) >= 11 is 0. The first kappa shape index (κ1) is 15.7. The van der Waals surface area contributed by atoms with Crippen LogP contribution < -0.4 is 5.32 Å². The summed E-state index contributed by atoms with van der Waals surface area (Å²) in [5.74, 6) is 0.150. The SMILES string of the molecule is O=C1C[C@H](c2cccnc2)C2(CCN(C(=O)c3ccccn3)CC2)N1. The van der Waals surface area contributed by atoms with Crippen molar-refractivity contribution in [1.82, 2.24) is 20.2 Å². The third-order valence-electron chi connectivity index (χ3n) is 5.36. The van der Waals surface area contributed by atoms with Gasteiger partial charge in [0.15, 0.2) is 0 Å². The normalized spacial score (nSPS) is 22.0. The van der Waals surface area contributed by atoms with E-state index in [-0.39, 0.29) is 23.3 Å². The van der Waals surface area contributed by atoms with E-state index in [1.807, 2.05) is 29.3 Å². The van der Waals surface area contributed by atoms with Crippen LogP contribution in [0.5, 0.6) is 0 Å². The van der Waals surface area contributed by atoms with E-state index >= 15 is 0 Å². The number of likely N-dealkylation sites (tertiary alicyclic amines) is 1. The van der Waals surface area contributed by atoms with Crippen molar-refractivity contribution in [1.29, 1.82) is 0 Å². The van der Waals surface area contributed by atoms with Crippen LogP contribution in [0.4, 0.5) is 0 Å². The van der Waals surface area contributed by atoms with Crippen LogP contribution in [-0.4, -0.2) is 45.3 Å². The minimum atomic E-state index is -0.277. The fourth-order valence-electron chi connectivity index (χ4n) is 4.05. The van der Waals surface area contributed by atoms with Crippen molar-refractivity contribution < 1.29 is 9.59 Å². The lowest BCUT2D eigenvalue weighted by Crippen LogP contribution is -2.54. The molecule has 6 heteroatoms. The number of hydrogen-bond acceptors (Lipinski definition) is 4. The number of carbonyl (C=O) groups is 2. The molecule has 6 nitrogen and oxygen atoms in total. The fraction of sp³-hybridized carbons (Fsp3) is 0.368. The fourth-order valence-corrected chi connectivity index (χ4v) is 4.05. The second kappa shape index (κ2) is 6.27. The Kier molecular flexibility index (Phi) is 3.95. The van der Waals surface area contributed by atoms with Gasteiger partial charge in [-0.3, -0.25) is 19.6 Å². The molecule has 4 heterocycles. The maximum absolute atomic E-state index is 12.6. The minimum absolute atomic E-state index is 0.0438. The van der Waals surface area contributed by atoms with Crippen molar-refractivity contribution in [3.63, 3.8) is 0 Å². The molecule has 128 valence electrons. The van der Waals surface area contributed by atoms with Crippen molar-refractivity contribution in [3.8, 4) is 0 Å². The first-order chi connectivity index (χ1) is 12.2. The number of pyridine rings is 2. The first-order valence-corrected chi connectivity index (χ1v) is 8.59. The predicted molar refractivity (Wildman–Crippen MR) is 91.8 cm³/mol. The molecule has 2 aliphatic rings. The standard InChI is InChI=1S/C19H20N4O2/c24-17-12-15(14-4-3-8-20-13-14)19(22-17)6-10-23(11-7-19)18(25)16-5-1-2-9-21-16/h1-5,8-9,13,15H,6-7,10-12H2,(H,22,24)/t15-/m1/s1. The number of nitrogens with zero attached hydrogens (tertiary/aromatic N) is 3. The number of amides is 2. The van der Waals surface area contributed by atoms with E-state index in [1.165, 1.54) is 0 Å². The van der Waals surface area contributed by atoms with Gasteiger partial charge in [0.1, 0.15) is 5.69 Å². The third-order valence-corrected chi connectivity index (χ3v) is 5.36. The molecule has 2 aromatic rings. The summed E-state index contributed by atoms with van der Waals surface area (Å²) in [6.07, 6.45) is 7.20. The molecule has 2 aromatic heterocycles. The molecule has 1 N–H and O–H groups in total. The molecule has 0 aromatic carbocycles. The van der Waals surface area contributed by atoms with Gasteiger partial charge >= 0.3 is 0 Å². The zero-order valence-corrected chi connectivity index (χ0v) is 13.9. The van der Waals surface area contributed by atoms with Crippen molar-refractivity contribution in [3.05, 3.63) is 60.2 Å². The number of rotatable bonds is 2. The molecule has 25 heavy (non-hydrogen) atoms. The Labute approximate surface area is 146 Å². The molecule has 0 saturated carbocycles. The summed E-state index contributed by atoms with van der Waals surface area (Å²) in [7, 11) is 0. The maximum Gasteiger partial charge on any atom is 0.272 e. The van der Waals surface area contributed by atoms with E-state index in [2.05, 4.69) is 15.3 Å². The molecule has 2 saturated heterocycles. The monoisotopic (exact) mass is 336 g/mol. The number of aromatic nitrogens is 2. The van der Waals surface area contributed by atoms with Crippen LogP contribution in [0.2, 0.25) is 0 Å². The molecule has 2 amide bonds. The molecular formula is C19H20N4O2. The van der Waals surface area contributed by atoms with Crippen LogP contribution >= 0.6 is 0 Å².